The predicted molar refractivity (Wildman–Crippen MR) is 85.8 cm³/mol. The van der Waals surface area contributed by atoms with Crippen LogP contribution in [0, 0.1) is 0 Å². The number of piperidine rings is 1. The number of nitrogens with zero attached hydrogens (tertiary/aromatic N) is 2. The lowest BCUT2D eigenvalue weighted by Crippen LogP contribution is -2.26. The normalized spacial score (nSPS) is 16.3. The van der Waals surface area contributed by atoms with Crippen LogP contribution in [0.4, 0.5) is 0 Å². The summed E-state index contributed by atoms with van der Waals surface area (Å²) in [4.78, 5) is 1.70. The second-order valence-electron chi connectivity index (χ2n) is 5.44. The SMILES string of the molecule is On1cc(C2CCNCC2)c(Cc2ccc(Cl)c(S)c2)n1. The summed E-state index contributed by atoms with van der Waals surface area (Å²) >= 11 is 10.3. The smallest absolute Gasteiger partial charge is 0.0738 e. The van der Waals surface area contributed by atoms with Crippen molar-refractivity contribution in [2.45, 2.75) is 30.1 Å². The summed E-state index contributed by atoms with van der Waals surface area (Å²) in [5.41, 5.74) is 3.17. The van der Waals surface area contributed by atoms with E-state index < -0.39 is 0 Å². The Morgan fingerprint density at radius 2 is 2.14 bits per heavy atom. The average Bonchev–Trinajstić information content (AvgIpc) is 2.85. The lowest BCUT2D eigenvalue weighted by atomic mass is 9.89. The second kappa shape index (κ2) is 6.30. The maximum absolute atomic E-state index is 9.69. The monoisotopic (exact) mass is 323 g/mol. The highest BCUT2D eigenvalue weighted by Crippen LogP contribution is 2.29. The molecule has 6 heteroatoms. The highest BCUT2D eigenvalue weighted by molar-refractivity contribution is 7.80. The van der Waals surface area contributed by atoms with Gasteiger partial charge in [-0.05, 0) is 49.5 Å². The maximum atomic E-state index is 9.69. The van der Waals surface area contributed by atoms with Crippen LogP contribution in [-0.2, 0) is 6.42 Å². The van der Waals surface area contributed by atoms with Gasteiger partial charge in [0.25, 0.3) is 0 Å². The molecule has 4 nitrogen and oxygen atoms in total. The molecule has 3 rings (SSSR count). The first kappa shape index (κ1) is 14.8. The molecule has 0 bridgehead atoms. The fourth-order valence-electron chi connectivity index (χ4n) is 2.88. The zero-order valence-electron chi connectivity index (χ0n) is 11.6. The van der Waals surface area contributed by atoms with E-state index in [1.165, 1.54) is 0 Å². The van der Waals surface area contributed by atoms with Crippen molar-refractivity contribution in [1.29, 1.82) is 0 Å². The first-order valence-electron chi connectivity index (χ1n) is 7.09. The van der Waals surface area contributed by atoms with Crippen molar-refractivity contribution in [2.24, 2.45) is 0 Å². The van der Waals surface area contributed by atoms with Gasteiger partial charge in [-0.2, -0.15) is 0 Å². The van der Waals surface area contributed by atoms with Gasteiger partial charge in [-0.25, -0.2) is 0 Å². The fourth-order valence-corrected chi connectivity index (χ4v) is 3.24. The Kier molecular flexibility index (Phi) is 4.42. The van der Waals surface area contributed by atoms with Crippen LogP contribution in [0.15, 0.2) is 29.3 Å². The van der Waals surface area contributed by atoms with Gasteiger partial charge in [-0.1, -0.05) is 17.7 Å². The standard InChI is InChI=1S/C15H18ClN3OS/c16-13-2-1-10(8-15(13)21)7-14-12(9-19(20)18-14)11-3-5-17-6-4-11/h1-2,8-9,11,17,20-21H,3-7H2. The van der Waals surface area contributed by atoms with Gasteiger partial charge in [-0.3, -0.25) is 0 Å². The van der Waals surface area contributed by atoms with Crippen molar-refractivity contribution < 1.29 is 5.21 Å². The molecule has 0 unspecified atom stereocenters. The zero-order chi connectivity index (χ0) is 14.8. The van der Waals surface area contributed by atoms with Gasteiger partial charge < -0.3 is 10.5 Å². The third kappa shape index (κ3) is 3.36. The lowest BCUT2D eigenvalue weighted by molar-refractivity contribution is 0.147. The van der Waals surface area contributed by atoms with E-state index in [9.17, 15) is 5.21 Å². The minimum Gasteiger partial charge on any atom is -0.412 e. The van der Waals surface area contributed by atoms with Gasteiger partial charge in [0.2, 0.25) is 0 Å². The average molecular weight is 324 g/mol. The molecule has 0 radical (unpaired) electrons. The van der Waals surface area contributed by atoms with Gasteiger partial charge >= 0.3 is 0 Å². The fraction of sp³-hybridized carbons (Fsp3) is 0.400. The Hall–Kier alpha value is -1.17. The summed E-state index contributed by atoms with van der Waals surface area (Å²) < 4.78 is 0. The van der Waals surface area contributed by atoms with E-state index in [2.05, 4.69) is 23.0 Å². The number of aromatic nitrogens is 2. The summed E-state index contributed by atoms with van der Waals surface area (Å²) in [6.07, 6.45) is 4.58. The molecule has 2 heterocycles. The molecule has 1 aromatic heterocycles. The first-order valence-corrected chi connectivity index (χ1v) is 7.92. The Bertz CT molecular complexity index is 638. The summed E-state index contributed by atoms with van der Waals surface area (Å²) in [5.74, 6) is 0.463. The molecular weight excluding hydrogens is 306 g/mol. The molecule has 0 spiro atoms. The van der Waals surface area contributed by atoms with E-state index in [1.807, 2.05) is 18.2 Å². The van der Waals surface area contributed by atoms with Crippen LogP contribution in [0.5, 0.6) is 0 Å². The summed E-state index contributed by atoms with van der Waals surface area (Å²) in [7, 11) is 0. The van der Waals surface area contributed by atoms with Crippen LogP contribution < -0.4 is 5.32 Å². The minimum absolute atomic E-state index is 0.463. The number of halogens is 1. The third-order valence-corrected chi connectivity index (χ3v) is 4.80. The zero-order valence-corrected chi connectivity index (χ0v) is 13.2. The van der Waals surface area contributed by atoms with Crippen molar-refractivity contribution >= 4 is 24.2 Å². The molecule has 0 amide bonds. The van der Waals surface area contributed by atoms with Gasteiger partial charge in [0, 0.05) is 16.9 Å². The van der Waals surface area contributed by atoms with E-state index in [0.717, 1.165) is 52.5 Å². The Balaban J connectivity index is 1.85. The van der Waals surface area contributed by atoms with Crippen LogP contribution >= 0.6 is 24.2 Å². The van der Waals surface area contributed by atoms with Gasteiger partial charge in [0.15, 0.2) is 0 Å². The van der Waals surface area contributed by atoms with Crippen molar-refractivity contribution in [2.75, 3.05) is 13.1 Å². The summed E-state index contributed by atoms with van der Waals surface area (Å²) in [6, 6.07) is 5.78. The molecule has 1 aromatic carbocycles. The molecular formula is C15H18ClN3OS. The molecule has 1 saturated heterocycles. The molecule has 1 aliphatic rings. The molecule has 21 heavy (non-hydrogen) atoms. The molecule has 0 atom stereocenters. The number of nitrogens with one attached hydrogen (secondary N) is 1. The summed E-state index contributed by atoms with van der Waals surface area (Å²) in [6.45, 7) is 2.03. The molecule has 2 aromatic rings. The molecule has 0 saturated carbocycles. The molecule has 0 aliphatic carbocycles. The largest absolute Gasteiger partial charge is 0.412 e. The van der Waals surface area contributed by atoms with Crippen molar-refractivity contribution in [3.05, 3.63) is 46.2 Å². The number of rotatable bonds is 3. The quantitative estimate of drug-likeness (QED) is 0.601. The van der Waals surface area contributed by atoms with E-state index >= 15 is 0 Å². The Morgan fingerprint density at radius 1 is 1.38 bits per heavy atom. The van der Waals surface area contributed by atoms with E-state index in [0.29, 0.717) is 17.4 Å². The molecule has 1 fully saturated rings. The second-order valence-corrected chi connectivity index (χ2v) is 6.33. The number of hydrogen-bond acceptors (Lipinski definition) is 4. The Morgan fingerprint density at radius 3 is 2.86 bits per heavy atom. The number of thiol groups is 1. The van der Waals surface area contributed by atoms with Gasteiger partial charge in [0.1, 0.15) is 0 Å². The molecule has 112 valence electrons. The van der Waals surface area contributed by atoms with Crippen LogP contribution in [0.1, 0.15) is 35.6 Å². The minimum atomic E-state index is 0.463. The Labute approximate surface area is 134 Å². The maximum Gasteiger partial charge on any atom is 0.0738 e. The highest BCUT2D eigenvalue weighted by Gasteiger charge is 2.21. The van der Waals surface area contributed by atoms with Crippen LogP contribution in [0.25, 0.3) is 0 Å². The lowest BCUT2D eigenvalue weighted by Gasteiger charge is -2.22. The van der Waals surface area contributed by atoms with E-state index in [1.54, 1.807) is 6.20 Å². The predicted octanol–water partition coefficient (Wildman–Crippen LogP) is 3.12. The number of benzene rings is 1. The number of hydrogen-bond donors (Lipinski definition) is 3. The van der Waals surface area contributed by atoms with Crippen LogP contribution in [0.3, 0.4) is 0 Å². The first-order chi connectivity index (χ1) is 10.1. The van der Waals surface area contributed by atoms with E-state index in [4.69, 9.17) is 11.6 Å². The van der Waals surface area contributed by atoms with Crippen LogP contribution in [0.2, 0.25) is 5.02 Å². The van der Waals surface area contributed by atoms with E-state index in [-0.39, 0.29) is 0 Å². The van der Waals surface area contributed by atoms with Gasteiger partial charge in [-0.15, -0.1) is 22.6 Å². The molecule has 2 N–H and O–H groups in total. The van der Waals surface area contributed by atoms with Crippen LogP contribution in [-0.4, -0.2) is 28.2 Å². The highest BCUT2D eigenvalue weighted by atomic mass is 35.5. The molecule has 1 aliphatic heterocycles. The third-order valence-electron chi connectivity index (χ3n) is 3.97. The van der Waals surface area contributed by atoms with Crippen molar-refractivity contribution in [3.63, 3.8) is 0 Å². The van der Waals surface area contributed by atoms with Gasteiger partial charge in [0.05, 0.1) is 16.9 Å². The van der Waals surface area contributed by atoms with Crippen molar-refractivity contribution in [1.82, 2.24) is 15.3 Å². The van der Waals surface area contributed by atoms with Crippen molar-refractivity contribution in [3.8, 4) is 0 Å². The topological polar surface area (TPSA) is 50.1 Å². The summed E-state index contributed by atoms with van der Waals surface area (Å²) in [5, 5.41) is 17.9.